The summed E-state index contributed by atoms with van der Waals surface area (Å²) in [7, 11) is 0. The number of hydrogen-bond donors (Lipinski definition) is 0. The molecule has 0 saturated carbocycles. The second-order valence-electron chi connectivity index (χ2n) is 6.05. The average Bonchev–Trinajstić information content (AvgIpc) is 2.57. The van der Waals surface area contributed by atoms with Crippen LogP contribution in [0.3, 0.4) is 0 Å². The zero-order valence-corrected chi connectivity index (χ0v) is 13.9. The highest BCUT2D eigenvalue weighted by Gasteiger charge is 2.21. The molecule has 4 nitrogen and oxygen atoms in total. The highest BCUT2D eigenvalue weighted by atomic mass is 16.5. The van der Waals surface area contributed by atoms with E-state index >= 15 is 0 Å². The SMILES string of the molecule is CCCOc1cc(OCCC)c2c3c(c(=O)oc2c1)CCCC3. The lowest BCUT2D eigenvalue weighted by atomic mass is 9.90. The minimum absolute atomic E-state index is 0.207. The molecule has 0 amide bonds. The van der Waals surface area contributed by atoms with Crippen LogP contribution in [0.1, 0.15) is 50.7 Å². The van der Waals surface area contributed by atoms with E-state index in [0.29, 0.717) is 24.5 Å². The molecule has 1 aliphatic carbocycles. The molecule has 124 valence electrons. The summed E-state index contributed by atoms with van der Waals surface area (Å²) < 4.78 is 17.3. The van der Waals surface area contributed by atoms with Gasteiger partial charge in [0.1, 0.15) is 17.1 Å². The molecule has 0 spiro atoms. The fourth-order valence-corrected chi connectivity index (χ4v) is 3.14. The Bertz CT molecular complexity index is 745. The summed E-state index contributed by atoms with van der Waals surface area (Å²) in [6, 6.07) is 3.75. The maximum absolute atomic E-state index is 12.3. The minimum atomic E-state index is -0.207. The Labute approximate surface area is 136 Å². The highest BCUT2D eigenvalue weighted by Crippen LogP contribution is 2.36. The van der Waals surface area contributed by atoms with Gasteiger partial charge in [-0.3, -0.25) is 0 Å². The summed E-state index contributed by atoms with van der Waals surface area (Å²) >= 11 is 0. The molecule has 0 saturated heterocycles. The summed E-state index contributed by atoms with van der Waals surface area (Å²) in [4.78, 5) is 12.3. The van der Waals surface area contributed by atoms with Crippen molar-refractivity contribution >= 4 is 11.0 Å². The van der Waals surface area contributed by atoms with Crippen LogP contribution in [0, 0.1) is 0 Å². The van der Waals surface area contributed by atoms with Crippen LogP contribution >= 0.6 is 0 Å². The summed E-state index contributed by atoms with van der Waals surface area (Å²) in [6.45, 7) is 5.41. The van der Waals surface area contributed by atoms with Crippen molar-refractivity contribution in [2.45, 2.75) is 52.4 Å². The van der Waals surface area contributed by atoms with Crippen molar-refractivity contribution in [1.82, 2.24) is 0 Å². The Balaban J connectivity index is 2.18. The van der Waals surface area contributed by atoms with E-state index in [1.54, 1.807) is 0 Å². The Morgan fingerprint density at radius 2 is 1.70 bits per heavy atom. The number of aryl methyl sites for hydroxylation is 1. The number of hydrogen-bond acceptors (Lipinski definition) is 4. The fraction of sp³-hybridized carbons (Fsp3) is 0.526. The van der Waals surface area contributed by atoms with E-state index in [1.165, 1.54) is 0 Å². The number of fused-ring (bicyclic) bond motifs is 3. The van der Waals surface area contributed by atoms with Crippen molar-refractivity contribution in [2.24, 2.45) is 0 Å². The van der Waals surface area contributed by atoms with Gasteiger partial charge in [-0.15, -0.1) is 0 Å². The maximum atomic E-state index is 12.3. The first-order valence-electron chi connectivity index (χ1n) is 8.62. The molecule has 2 aromatic rings. The first kappa shape index (κ1) is 15.9. The molecular formula is C19H24O4. The first-order valence-corrected chi connectivity index (χ1v) is 8.62. The Kier molecular flexibility index (Phi) is 4.89. The molecular weight excluding hydrogens is 292 g/mol. The molecule has 1 aromatic carbocycles. The van der Waals surface area contributed by atoms with Gasteiger partial charge in [0.2, 0.25) is 0 Å². The third-order valence-electron chi connectivity index (χ3n) is 4.19. The van der Waals surface area contributed by atoms with Gasteiger partial charge in [0, 0.05) is 17.7 Å². The first-order chi connectivity index (χ1) is 11.2. The van der Waals surface area contributed by atoms with Crippen molar-refractivity contribution in [3.63, 3.8) is 0 Å². The van der Waals surface area contributed by atoms with E-state index in [-0.39, 0.29) is 5.63 Å². The molecule has 4 heteroatoms. The fourth-order valence-electron chi connectivity index (χ4n) is 3.14. The van der Waals surface area contributed by atoms with Crippen LogP contribution in [0.25, 0.3) is 11.0 Å². The van der Waals surface area contributed by atoms with Crippen LogP contribution in [0.4, 0.5) is 0 Å². The van der Waals surface area contributed by atoms with Crippen LogP contribution in [0.2, 0.25) is 0 Å². The van der Waals surface area contributed by atoms with E-state index in [0.717, 1.165) is 60.8 Å². The van der Waals surface area contributed by atoms with E-state index < -0.39 is 0 Å². The van der Waals surface area contributed by atoms with Gasteiger partial charge in [0.05, 0.1) is 18.6 Å². The number of ether oxygens (including phenoxy) is 2. The predicted octanol–water partition coefficient (Wildman–Crippen LogP) is 4.25. The molecule has 0 bridgehead atoms. The van der Waals surface area contributed by atoms with Crippen LogP contribution in [-0.2, 0) is 12.8 Å². The lowest BCUT2D eigenvalue weighted by molar-refractivity contribution is 0.303. The maximum Gasteiger partial charge on any atom is 0.339 e. The molecule has 0 aliphatic heterocycles. The van der Waals surface area contributed by atoms with Gasteiger partial charge in [-0.1, -0.05) is 13.8 Å². The molecule has 1 heterocycles. The summed E-state index contributed by atoms with van der Waals surface area (Å²) in [5, 5.41) is 0.955. The third-order valence-corrected chi connectivity index (χ3v) is 4.19. The molecule has 0 atom stereocenters. The highest BCUT2D eigenvalue weighted by molar-refractivity contribution is 5.89. The van der Waals surface area contributed by atoms with Gasteiger partial charge in [0.15, 0.2) is 0 Å². The van der Waals surface area contributed by atoms with E-state index in [2.05, 4.69) is 13.8 Å². The normalized spacial score (nSPS) is 13.8. The van der Waals surface area contributed by atoms with Gasteiger partial charge in [0.25, 0.3) is 0 Å². The molecule has 3 rings (SSSR count). The summed E-state index contributed by atoms with van der Waals surface area (Å²) in [5.74, 6) is 1.47. The molecule has 23 heavy (non-hydrogen) atoms. The largest absolute Gasteiger partial charge is 0.493 e. The second-order valence-corrected chi connectivity index (χ2v) is 6.05. The van der Waals surface area contributed by atoms with Gasteiger partial charge in [-0.25, -0.2) is 4.79 Å². The topological polar surface area (TPSA) is 48.7 Å². The van der Waals surface area contributed by atoms with Crippen molar-refractivity contribution in [1.29, 1.82) is 0 Å². The average molecular weight is 316 g/mol. The molecule has 1 aromatic heterocycles. The van der Waals surface area contributed by atoms with E-state index in [1.807, 2.05) is 12.1 Å². The predicted molar refractivity (Wildman–Crippen MR) is 90.7 cm³/mol. The zero-order chi connectivity index (χ0) is 16.2. The van der Waals surface area contributed by atoms with Gasteiger partial charge in [-0.05, 0) is 44.1 Å². The quantitative estimate of drug-likeness (QED) is 0.748. The zero-order valence-electron chi connectivity index (χ0n) is 13.9. The van der Waals surface area contributed by atoms with Crippen molar-refractivity contribution in [3.8, 4) is 11.5 Å². The minimum Gasteiger partial charge on any atom is -0.493 e. The number of benzene rings is 1. The van der Waals surface area contributed by atoms with E-state index in [9.17, 15) is 4.79 Å². The standard InChI is InChI=1S/C19H24O4/c1-3-9-21-13-11-16(22-10-4-2)18-14-7-5-6-8-15(14)19(20)23-17(18)12-13/h11-12H,3-10H2,1-2H3. The second kappa shape index (κ2) is 7.07. The van der Waals surface area contributed by atoms with Crippen molar-refractivity contribution in [3.05, 3.63) is 33.7 Å². The Hall–Kier alpha value is -1.97. The molecule has 0 radical (unpaired) electrons. The van der Waals surface area contributed by atoms with Crippen LogP contribution in [0.15, 0.2) is 21.3 Å². The summed E-state index contributed by atoms with van der Waals surface area (Å²) in [5.41, 5.74) is 2.31. The number of rotatable bonds is 6. The molecule has 0 unspecified atom stereocenters. The Morgan fingerprint density at radius 3 is 2.43 bits per heavy atom. The van der Waals surface area contributed by atoms with Gasteiger partial charge < -0.3 is 13.9 Å². The van der Waals surface area contributed by atoms with Crippen molar-refractivity contribution < 1.29 is 13.9 Å². The van der Waals surface area contributed by atoms with E-state index in [4.69, 9.17) is 13.9 Å². The Morgan fingerprint density at radius 1 is 1.00 bits per heavy atom. The third kappa shape index (κ3) is 3.21. The lowest BCUT2D eigenvalue weighted by Crippen LogP contribution is -2.16. The van der Waals surface area contributed by atoms with Crippen LogP contribution in [0.5, 0.6) is 11.5 Å². The smallest absolute Gasteiger partial charge is 0.339 e. The lowest BCUT2D eigenvalue weighted by Gasteiger charge is -2.19. The van der Waals surface area contributed by atoms with Gasteiger partial charge >= 0.3 is 5.63 Å². The summed E-state index contributed by atoms with van der Waals surface area (Å²) in [6.07, 6.45) is 5.72. The van der Waals surface area contributed by atoms with Gasteiger partial charge in [-0.2, -0.15) is 0 Å². The van der Waals surface area contributed by atoms with Crippen LogP contribution in [-0.4, -0.2) is 13.2 Å². The van der Waals surface area contributed by atoms with Crippen LogP contribution < -0.4 is 15.1 Å². The molecule has 1 aliphatic rings. The monoisotopic (exact) mass is 316 g/mol. The molecule has 0 fully saturated rings. The molecule has 0 N–H and O–H groups in total. The van der Waals surface area contributed by atoms with Crippen molar-refractivity contribution in [2.75, 3.05) is 13.2 Å².